The maximum Gasteiger partial charge on any atom is 0.268 e. The first-order chi connectivity index (χ1) is 36.1. The van der Waals surface area contributed by atoms with Crippen molar-refractivity contribution in [2.45, 2.75) is 32.6 Å². The fourth-order valence-corrected chi connectivity index (χ4v) is 8.62. The van der Waals surface area contributed by atoms with Gasteiger partial charge in [-0.2, -0.15) is 18.2 Å². The van der Waals surface area contributed by atoms with Crippen LogP contribution in [-0.4, -0.2) is 14.1 Å². The van der Waals surface area contributed by atoms with Crippen LogP contribution in [0.4, 0.5) is 0 Å². The summed E-state index contributed by atoms with van der Waals surface area (Å²) in [5.41, 5.74) is 6.14. The van der Waals surface area contributed by atoms with Crippen LogP contribution in [0.1, 0.15) is 53.2 Å². The summed E-state index contributed by atoms with van der Waals surface area (Å²) in [5.74, 6) is 0.496. The van der Waals surface area contributed by atoms with Gasteiger partial charge in [0.2, 0.25) is 0 Å². The molecule has 5 nitrogen and oxygen atoms in total. The SMILES string of the molecule is [2H]c1c([2H])c([2H])c(-c2cccc(-c3c([2H])c([2H])c([2H])c([2H])c3[2H])c2-[n+]2[c-]n(-c3[c-]c(Oc4[c-]c5c(cc4)c4ccccc4n5-c4cc(C([2H])(CC)CC)c(-c5ccccc5)cn4)ccc3)c3ccccc32)c([2H])c1[2H].[Pt]. The molecule has 11 rings (SSSR count). The molecule has 318 valence electrons. The Morgan fingerprint density at radius 1 is 0.631 bits per heavy atom. The molecule has 0 spiro atoms. The average molecular weight is 1030 g/mol. The van der Waals surface area contributed by atoms with E-state index < -0.39 is 66.3 Å². The molecule has 8 aromatic carbocycles. The Bertz CT molecular complexity index is 3970. The van der Waals surface area contributed by atoms with Crippen LogP contribution >= 0.6 is 0 Å². The van der Waals surface area contributed by atoms with Gasteiger partial charge in [-0.1, -0.05) is 171 Å². The van der Waals surface area contributed by atoms with E-state index in [4.69, 9.17) is 23.4 Å². The average Bonchev–Trinajstić information content (AvgIpc) is 4.03. The zero-order valence-corrected chi connectivity index (χ0v) is 37.5. The molecule has 0 saturated carbocycles. The van der Waals surface area contributed by atoms with Crippen LogP contribution in [0.25, 0.3) is 83.4 Å². The summed E-state index contributed by atoms with van der Waals surface area (Å²) in [5, 5.41) is 1.92. The molecule has 0 amide bonds. The number of ether oxygens (including phenoxy) is 1. The first-order valence-corrected chi connectivity index (χ1v) is 21.1. The van der Waals surface area contributed by atoms with E-state index in [9.17, 15) is 1.37 Å². The predicted octanol–water partition coefficient (Wildman–Crippen LogP) is 14.5. The number of fused-ring (bicyclic) bond motifs is 4. The summed E-state index contributed by atoms with van der Waals surface area (Å²) in [6, 6.07) is 43.0. The molecule has 0 atom stereocenters. The Morgan fingerprint density at radius 2 is 1.28 bits per heavy atom. The molecule has 0 aliphatic rings. The first kappa shape index (κ1) is 30.7. The maximum atomic E-state index is 9.65. The largest absolute Gasteiger partial charge is 0.510 e. The summed E-state index contributed by atoms with van der Waals surface area (Å²) >= 11 is 0. The number of para-hydroxylation sites is 4. The summed E-state index contributed by atoms with van der Waals surface area (Å²) < 4.78 is 109. The van der Waals surface area contributed by atoms with E-state index in [-0.39, 0.29) is 49.0 Å². The van der Waals surface area contributed by atoms with Gasteiger partial charge in [0.15, 0.2) is 0 Å². The number of hydrogen-bond acceptors (Lipinski definition) is 2. The molecule has 0 fully saturated rings. The molecule has 11 aromatic rings. The van der Waals surface area contributed by atoms with E-state index in [1.165, 1.54) is 0 Å². The number of benzene rings is 8. The summed E-state index contributed by atoms with van der Waals surface area (Å²) in [6.07, 6.45) is 6.48. The van der Waals surface area contributed by atoms with E-state index >= 15 is 0 Å². The quantitative estimate of drug-likeness (QED) is 0.0956. The van der Waals surface area contributed by atoms with Crippen molar-refractivity contribution in [3.63, 3.8) is 0 Å². The fraction of sp³-hybridized carbons (Fsp3) is 0.0847. The molecule has 3 heterocycles. The number of nitrogens with zero attached hydrogens (tertiary/aromatic N) is 4. The van der Waals surface area contributed by atoms with Crippen LogP contribution in [0.15, 0.2) is 200 Å². The topological polar surface area (TPSA) is 35.9 Å². The second-order valence-corrected chi connectivity index (χ2v) is 15.2. The van der Waals surface area contributed by atoms with Gasteiger partial charge in [-0.3, -0.25) is 4.57 Å². The van der Waals surface area contributed by atoms with Crippen molar-refractivity contribution in [2.24, 2.45) is 0 Å². The third-order valence-electron chi connectivity index (χ3n) is 11.6. The monoisotopic (exact) mass is 1030 g/mol. The molecule has 0 aliphatic carbocycles. The van der Waals surface area contributed by atoms with Gasteiger partial charge in [-0.15, -0.1) is 29.7 Å². The fourth-order valence-electron chi connectivity index (χ4n) is 8.62. The van der Waals surface area contributed by atoms with Crippen molar-refractivity contribution in [3.05, 3.63) is 224 Å². The summed E-state index contributed by atoms with van der Waals surface area (Å²) in [4.78, 5) is 5.05. The third kappa shape index (κ3) is 7.66. The summed E-state index contributed by atoms with van der Waals surface area (Å²) in [7, 11) is 0. The van der Waals surface area contributed by atoms with Crippen molar-refractivity contribution in [2.75, 3.05) is 0 Å². The van der Waals surface area contributed by atoms with Gasteiger partial charge >= 0.3 is 0 Å². The molecule has 0 unspecified atom stereocenters. The van der Waals surface area contributed by atoms with Gasteiger partial charge in [0.05, 0.1) is 30.4 Å². The van der Waals surface area contributed by atoms with Crippen molar-refractivity contribution in [1.82, 2.24) is 14.1 Å². The van der Waals surface area contributed by atoms with Crippen LogP contribution in [-0.2, 0) is 21.1 Å². The second kappa shape index (κ2) is 18.0. The van der Waals surface area contributed by atoms with Crippen molar-refractivity contribution in [1.29, 1.82) is 0 Å². The molecular formula is C59H44N4OPt-2. The number of imidazole rings is 1. The van der Waals surface area contributed by atoms with Gasteiger partial charge in [0.1, 0.15) is 5.82 Å². The maximum absolute atomic E-state index is 9.65. The van der Waals surface area contributed by atoms with Crippen LogP contribution in [0, 0.1) is 18.5 Å². The number of hydrogen-bond donors (Lipinski definition) is 0. The van der Waals surface area contributed by atoms with E-state index in [2.05, 4.69) is 29.1 Å². The third-order valence-corrected chi connectivity index (χ3v) is 11.6. The van der Waals surface area contributed by atoms with Gasteiger partial charge in [-0.05, 0) is 75.3 Å². The Hall–Kier alpha value is -7.33. The molecule has 0 saturated heterocycles. The van der Waals surface area contributed by atoms with Gasteiger partial charge in [0, 0.05) is 51.2 Å². The molecule has 3 aromatic heterocycles. The zero-order chi connectivity index (χ0) is 52.6. The van der Waals surface area contributed by atoms with Crippen molar-refractivity contribution < 1.29 is 45.4 Å². The van der Waals surface area contributed by atoms with Crippen LogP contribution in [0.5, 0.6) is 11.5 Å². The molecule has 6 heteroatoms. The standard InChI is InChI=1S/C59H44N4O.Pt/c1-3-41(4-2)52-38-58(60-39-53(52)44-24-12-7-13-25-44)63-54-31-15-14-28-50(54)51-35-34-47(37-57(51)63)64-46-27-18-26-45(36-46)61-40-62(56-33-17-16-32-55(56)61)59-48(42-20-8-5-9-21-42)29-19-30-49(59)43-22-10-6-11-23-43;/h5-35,38-39,41H,3-4H2,1-2H3;/q-2;/i5D,6D,8D,9D,10D,11D,20D,21D,22D,23D,41D;. The smallest absolute Gasteiger partial charge is 0.268 e. The molecule has 0 aliphatic heterocycles. The Labute approximate surface area is 409 Å². The van der Waals surface area contributed by atoms with Crippen molar-refractivity contribution >= 4 is 32.8 Å². The minimum atomic E-state index is -0.872. The Morgan fingerprint density at radius 3 is 2.00 bits per heavy atom. The minimum Gasteiger partial charge on any atom is -0.510 e. The van der Waals surface area contributed by atoms with Crippen LogP contribution < -0.4 is 9.30 Å². The molecule has 0 radical (unpaired) electrons. The Kier molecular flexibility index (Phi) is 8.52. The second-order valence-electron chi connectivity index (χ2n) is 15.2. The molecule has 65 heavy (non-hydrogen) atoms. The zero-order valence-electron chi connectivity index (χ0n) is 46.2. The molecule has 0 bridgehead atoms. The number of pyridine rings is 1. The van der Waals surface area contributed by atoms with Crippen molar-refractivity contribution in [3.8, 4) is 62.1 Å². The Balaban J connectivity index is 0.00000657. The number of rotatable bonds is 11. The van der Waals surface area contributed by atoms with Crippen LogP contribution in [0.3, 0.4) is 0 Å². The normalized spacial score (nSPS) is 13.9. The predicted molar refractivity (Wildman–Crippen MR) is 260 cm³/mol. The van der Waals surface area contributed by atoms with E-state index in [0.717, 1.165) is 38.5 Å². The van der Waals surface area contributed by atoms with E-state index in [0.29, 0.717) is 46.9 Å². The molecular weight excluding hydrogens is 976 g/mol. The van der Waals surface area contributed by atoms with E-state index in [1.54, 1.807) is 51.6 Å². The van der Waals surface area contributed by atoms with Gasteiger partial charge < -0.3 is 13.9 Å². The van der Waals surface area contributed by atoms with E-state index in [1.807, 2.05) is 105 Å². The number of aromatic nitrogens is 4. The van der Waals surface area contributed by atoms with Crippen LogP contribution in [0.2, 0.25) is 0 Å². The van der Waals surface area contributed by atoms with Gasteiger partial charge in [0.25, 0.3) is 6.33 Å². The molecule has 0 N–H and O–H groups in total. The minimum absolute atomic E-state index is 0. The summed E-state index contributed by atoms with van der Waals surface area (Å²) in [6.45, 7) is 4.09. The first-order valence-electron chi connectivity index (χ1n) is 26.6. The van der Waals surface area contributed by atoms with Gasteiger partial charge in [-0.25, -0.2) is 4.98 Å².